The van der Waals surface area contributed by atoms with Gasteiger partial charge in [-0.2, -0.15) is 0 Å². The molecule has 1 aliphatic heterocycles. The van der Waals surface area contributed by atoms with Crippen molar-refractivity contribution in [2.45, 2.75) is 6.92 Å². The Morgan fingerprint density at radius 2 is 0.577 bits per heavy atom. The molecule has 9 rings (SSSR count). The Morgan fingerprint density at radius 3 is 0.865 bits per heavy atom. The number of aromatic nitrogens is 7. The van der Waals surface area contributed by atoms with Crippen molar-refractivity contribution in [3.05, 3.63) is 218 Å². The van der Waals surface area contributed by atoms with Gasteiger partial charge in [-0.15, -0.1) is 0 Å². The van der Waals surface area contributed by atoms with Gasteiger partial charge in [0.1, 0.15) is 21.1 Å². The number of aromatic amines is 4. The summed E-state index contributed by atoms with van der Waals surface area (Å²) in [7, 11) is 6.14. The van der Waals surface area contributed by atoms with Crippen molar-refractivity contribution < 1.29 is 13.7 Å². The van der Waals surface area contributed by atoms with E-state index >= 15 is 0 Å². The number of nitrogens with zero attached hydrogens (tertiary/aromatic N) is 3. The highest BCUT2D eigenvalue weighted by atomic mass is 14.9. The van der Waals surface area contributed by atoms with E-state index in [2.05, 4.69) is 187 Å². The Labute approximate surface area is 301 Å². The monoisotopic (exact) mass is 678 g/mol. The van der Waals surface area contributed by atoms with E-state index in [0.29, 0.717) is 0 Å². The molecule has 0 unspecified atom stereocenters. The summed E-state index contributed by atoms with van der Waals surface area (Å²) >= 11 is 0. The SMILES string of the molecule is Cc1ccc(C2=c3ccc([nH]3)=C(c3cc[n+](C)cc3)c3ccc([nH]3)C(c3cc[n+](C)cc3)=c3ccc([nH]3)=C(c3cc[n+](C)cc3)c3ccc2[nH]3)cc1. The van der Waals surface area contributed by atoms with Crippen LogP contribution in [-0.4, -0.2) is 19.9 Å². The quantitative estimate of drug-likeness (QED) is 0.207. The number of aryl methyl sites for hydroxylation is 4. The van der Waals surface area contributed by atoms with Gasteiger partial charge in [0.2, 0.25) is 0 Å². The summed E-state index contributed by atoms with van der Waals surface area (Å²) in [5.41, 5.74) is 14.2. The van der Waals surface area contributed by atoms with E-state index < -0.39 is 0 Å². The third-order valence-electron chi connectivity index (χ3n) is 10.0. The molecule has 0 aliphatic carbocycles. The minimum Gasteiger partial charge on any atom is -0.354 e. The fourth-order valence-electron chi connectivity index (χ4n) is 7.29. The van der Waals surface area contributed by atoms with Crippen LogP contribution in [0.25, 0.3) is 22.3 Å². The average Bonchev–Trinajstić information content (AvgIpc) is 3.99. The molecule has 0 spiro atoms. The van der Waals surface area contributed by atoms with E-state index in [1.807, 2.05) is 21.1 Å². The molecule has 0 atom stereocenters. The number of H-pyrrole nitrogens is 4. The fraction of sp³-hybridized carbons (Fsp3) is 0.0889. The molecule has 52 heavy (non-hydrogen) atoms. The molecule has 8 aromatic rings. The van der Waals surface area contributed by atoms with Crippen molar-refractivity contribution in [2.24, 2.45) is 21.1 Å². The lowest BCUT2D eigenvalue weighted by atomic mass is 10.0. The van der Waals surface area contributed by atoms with Crippen LogP contribution in [0, 0.1) is 6.92 Å². The van der Waals surface area contributed by atoms with Crippen molar-refractivity contribution >= 4 is 22.3 Å². The van der Waals surface area contributed by atoms with E-state index in [1.54, 1.807) is 0 Å². The molecule has 1 aliphatic rings. The molecule has 8 heterocycles. The lowest BCUT2D eigenvalue weighted by molar-refractivity contribution is -0.671. The molecular weight excluding hydrogens is 639 g/mol. The molecule has 0 radical (unpaired) electrons. The molecule has 7 nitrogen and oxygen atoms in total. The van der Waals surface area contributed by atoms with Crippen molar-refractivity contribution in [1.29, 1.82) is 0 Å². The van der Waals surface area contributed by atoms with Crippen molar-refractivity contribution in [1.82, 2.24) is 19.9 Å². The number of benzene rings is 1. The zero-order chi connectivity index (χ0) is 35.3. The molecule has 8 bridgehead atoms. The van der Waals surface area contributed by atoms with E-state index in [-0.39, 0.29) is 0 Å². The van der Waals surface area contributed by atoms with Gasteiger partial charge in [0.25, 0.3) is 0 Å². The van der Waals surface area contributed by atoms with Crippen LogP contribution in [0.1, 0.15) is 50.6 Å². The summed E-state index contributed by atoms with van der Waals surface area (Å²) in [5.74, 6) is 0. The minimum absolute atomic E-state index is 1.03. The van der Waals surface area contributed by atoms with E-state index in [4.69, 9.17) is 0 Å². The zero-order valence-electron chi connectivity index (χ0n) is 29.7. The molecule has 0 fully saturated rings. The highest BCUT2D eigenvalue weighted by Gasteiger charge is 2.19. The van der Waals surface area contributed by atoms with E-state index in [9.17, 15) is 0 Å². The highest BCUT2D eigenvalue weighted by Crippen LogP contribution is 2.27. The molecule has 0 saturated heterocycles. The Bertz CT molecular complexity index is 2450. The lowest BCUT2D eigenvalue weighted by Gasteiger charge is -2.09. The van der Waals surface area contributed by atoms with E-state index in [0.717, 1.165) is 88.7 Å². The Kier molecular flexibility index (Phi) is 7.55. The summed E-state index contributed by atoms with van der Waals surface area (Å²) in [4.78, 5) is 15.5. The predicted molar refractivity (Wildman–Crippen MR) is 202 cm³/mol. The maximum atomic E-state index is 3.87. The van der Waals surface area contributed by atoms with Gasteiger partial charge in [0.05, 0.1) is 0 Å². The maximum Gasteiger partial charge on any atom is 0.169 e. The largest absolute Gasteiger partial charge is 0.354 e. The zero-order valence-corrected chi connectivity index (χ0v) is 29.7. The van der Waals surface area contributed by atoms with Gasteiger partial charge >= 0.3 is 0 Å². The molecule has 7 aromatic heterocycles. The van der Waals surface area contributed by atoms with Crippen LogP contribution in [0.3, 0.4) is 0 Å². The van der Waals surface area contributed by atoms with Gasteiger partial charge < -0.3 is 19.9 Å². The number of hydrogen-bond donors (Lipinski definition) is 4. The van der Waals surface area contributed by atoms with Gasteiger partial charge in [-0.3, -0.25) is 0 Å². The number of nitrogens with one attached hydrogen (secondary N) is 4. The molecule has 0 saturated carbocycles. The lowest BCUT2D eigenvalue weighted by Crippen LogP contribution is -2.26. The third kappa shape index (κ3) is 5.62. The van der Waals surface area contributed by atoms with Crippen LogP contribution in [0.15, 0.2) is 146 Å². The maximum absolute atomic E-state index is 3.87. The second-order valence-corrected chi connectivity index (χ2v) is 13.8. The number of fused-ring (bicyclic) bond motifs is 8. The predicted octanol–water partition coefficient (Wildman–Crippen LogP) is 3.08. The van der Waals surface area contributed by atoms with Crippen LogP contribution in [-0.2, 0) is 21.1 Å². The molecular formula is C45H40N7+3. The standard InChI is InChI=1S/C45H38N7/c1-29-5-7-30(8-6-29)42-34-9-11-36(46-34)43(31-17-23-50(2)24-18-31)38-13-15-40(48-38)45(33-21-27-52(4)28-22-33)41-16-14-39(49-41)44(37-12-10-35(42)47-37)32-19-25-51(3)26-20-32/h5-28H,1-4H3,(H2,46,47,48,49)/q+1/p+2. The van der Waals surface area contributed by atoms with Crippen LogP contribution in [0.5, 0.6) is 0 Å². The molecule has 252 valence electrons. The first-order chi connectivity index (χ1) is 25.4. The van der Waals surface area contributed by atoms with Gasteiger partial charge in [0.15, 0.2) is 37.2 Å². The van der Waals surface area contributed by atoms with E-state index in [1.165, 1.54) is 5.56 Å². The summed E-state index contributed by atoms with van der Waals surface area (Å²) < 4.78 is 6.20. The molecule has 0 amide bonds. The first-order valence-corrected chi connectivity index (χ1v) is 17.6. The van der Waals surface area contributed by atoms with Gasteiger partial charge in [-0.05, 0) is 77.7 Å². The first kappa shape index (κ1) is 31.3. The van der Waals surface area contributed by atoms with Crippen molar-refractivity contribution in [2.75, 3.05) is 0 Å². The van der Waals surface area contributed by atoms with Gasteiger partial charge in [0, 0.05) is 103 Å². The van der Waals surface area contributed by atoms with Crippen LogP contribution < -0.4 is 35.1 Å². The number of hydrogen-bond acceptors (Lipinski definition) is 0. The Hall–Kier alpha value is -6.73. The van der Waals surface area contributed by atoms with Crippen LogP contribution in [0.2, 0.25) is 0 Å². The fourth-order valence-corrected chi connectivity index (χ4v) is 7.29. The molecule has 4 N–H and O–H groups in total. The number of rotatable bonds is 4. The Balaban J connectivity index is 1.43. The van der Waals surface area contributed by atoms with Crippen LogP contribution >= 0.6 is 0 Å². The van der Waals surface area contributed by atoms with Gasteiger partial charge in [-0.25, -0.2) is 13.7 Å². The summed E-state index contributed by atoms with van der Waals surface area (Å²) in [6.07, 6.45) is 12.6. The summed E-state index contributed by atoms with van der Waals surface area (Å²) in [6.45, 7) is 2.13. The van der Waals surface area contributed by atoms with Gasteiger partial charge in [-0.1, -0.05) is 29.8 Å². The second kappa shape index (κ2) is 12.5. The molecule has 1 aromatic carbocycles. The first-order valence-electron chi connectivity index (χ1n) is 17.6. The second-order valence-electron chi connectivity index (χ2n) is 13.8. The van der Waals surface area contributed by atoms with Crippen LogP contribution in [0.4, 0.5) is 0 Å². The van der Waals surface area contributed by atoms with Crippen molar-refractivity contribution in [3.63, 3.8) is 0 Å². The third-order valence-corrected chi connectivity index (χ3v) is 10.0. The highest BCUT2D eigenvalue weighted by molar-refractivity contribution is 5.84. The Morgan fingerprint density at radius 1 is 0.308 bits per heavy atom. The smallest absolute Gasteiger partial charge is 0.169 e. The topological polar surface area (TPSA) is 74.8 Å². The average molecular weight is 679 g/mol. The molecule has 7 heteroatoms. The summed E-state index contributed by atoms with van der Waals surface area (Å²) in [6, 6.07) is 39.5. The number of pyridine rings is 3. The normalized spacial score (nSPS) is 12.8. The summed E-state index contributed by atoms with van der Waals surface area (Å²) in [5, 5.41) is 4.11. The minimum atomic E-state index is 1.03. The van der Waals surface area contributed by atoms with Crippen molar-refractivity contribution in [3.8, 4) is 0 Å².